The molecular formula is C21H17ClO4. The van der Waals surface area contributed by atoms with Crippen LogP contribution in [0.3, 0.4) is 0 Å². The van der Waals surface area contributed by atoms with Gasteiger partial charge in [0.1, 0.15) is 23.7 Å². The first-order chi connectivity index (χ1) is 12.6. The molecule has 0 radical (unpaired) electrons. The van der Waals surface area contributed by atoms with E-state index in [2.05, 4.69) is 0 Å². The predicted octanol–water partition coefficient (Wildman–Crippen LogP) is 5.29. The van der Waals surface area contributed by atoms with Gasteiger partial charge in [0.25, 0.3) is 0 Å². The van der Waals surface area contributed by atoms with Crippen molar-refractivity contribution in [3.05, 3.63) is 82.9 Å². The van der Waals surface area contributed by atoms with Crippen LogP contribution in [0.2, 0.25) is 5.02 Å². The van der Waals surface area contributed by atoms with Crippen LogP contribution < -0.4 is 9.47 Å². The molecule has 0 saturated carbocycles. The second kappa shape index (κ2) is 7.93. The van der Waals surface area contributed by atoms with Crippen LogP contribution in [0.4, 0.5) is 0 Å². The smallest absolute Gasteiger partial charge is 0.339 e. The van der Waals surface area contributed by atoms with Gasteiger partial charge >= 0.3 is 5.97 Å². The number of hydrogen-bond donors (Lipinski definition) is 1. The minimum absolute atomic E-state index is 0.110. The van der Waals surface area contributed by atoms with Gasteiger partial charge in [0, 0.05) is 5.02 Å². The standard InChI is InChI=1S/C21H17ClO4/c1-25-18-4-2-3-15(11-18)16-7-10-20(19(12-16)21(23)24)26-13-14-5-8-17(22)9-6-14/h2-12H,13H2,1H3,(H,23,24). The van der Waals surface area contributed by atoms with Gasteiger partial charge in [-0.1, -0.05) is 41.9 Å². The van der Waals surface area contributed by atoms with Crippen molar-refractivity contribution in [3.8, 4) is 22.6 Å². The summed E-state index contributed by atoms with van der Waals surface area (Å²) in [6, 6.07) is 19.8. The molecule has 0 aliphatic carbocycles. The molecular weight excluding hydrogens is 352 g/mol. The lowest BCUT2D eigenvalue weighted by molar-refractivity contribution is 0.0692. The molecule has 3 rings (SSSR count). The van der Waals surface area contributed by atoms with Crippen LogP contribution in [-0.2, 0) is 6.61 Å². The maximum Gasteiger partial charge on any atom is 0.339 e. The van der Waals surface area contributed by atoms with Gasteiger partial charge in [0.15, 0.2) is 0 Å². The minimum atomic E-state index is -1.04. The number of carbonyl (C=O) groups is 1. The third-order valence-corrected chi connectivity index (χ3v) is 4.17. The van der Waals surface area contributed by atoms with Crippen molar-refractivity contribution in [2.45, 2.75) is 6.61 Å². The highest BCUT2D eigenvalue weighted by molar-refractivity contribution is 6.30. The number of methoxy groups -OCH3 is 1. The number of carboxylic acid groups (broad SMARTS) is 1. The average molecular weight is 369 g/mol. The molecule has 0 unspecified atom stereocenters. The molecule has 3 aromatic rings. The highest BCUT2D eigenvalue weighted by Crippen LogP contribution is 2.29. The van der Waals surface area contributed by atoms with Crippen LogP contribution in [0.25, 0.3) is 11.1 Å². The lowest BCUT2D eigenvalue weighted by Crippen LogP contribution is -2.04. The molecule has 0 aliphatic rings. The van der Waals surface area contributed by atoms with E-state index in [1.165, 1.54) is 0 Å². The topological polar surface area (TPSA) is 55.8 Å². The summed E-state index contributed by atoms with van der Waals surface area (Å²) in [5, 5.41) is 10.2. The Kier molecular flexibility index (Phi) is 5.44. The Bertz CT molecular complexity index is 920. The molecule has 0 atom stereocenters. The number of rotatable bonds is 6. The molecule has 3 aromatic carbocycles. The average Bonchev–Trinajstić information content (AvgIpc) is 2.67. The fourth-order valence-corrected chi connectivity index (χ4v) is 2.67. The summed E-state index contributed by atoms with van der Waals surface area (Å²) in [7, 11) is 1.59. The number of hydrogen-bond acceptors (Lipinski definition) is 3. The van der Waals surface area contributed by atoms with Gasteiger partial charge in [-0.3, -0.25) is 0 Å². The fourth-order valence-electron chi connectivity index (χ4n) is 2.55. The summed E-state index contributed by atoms with van der Waals surface area (Å²) in [6.45, 7) is 0.260. The van der Waals surface area contributed by atoms with Crippen LogP contribution in [0.15, 0.2) is 66.7 Å². The van der Waals surface area contributed by atoms with Crippen molar-refractivity contribution in [1.29, 1.82) is 0 Å². The van der Waals surface area contributed by atoms with E-state index in [4.69, 9.17) is 21.1 Å². The van der Waals surface area contributed by atoms with Gasteiger partial charge in [-0.15, -0.1) is 0 Å². The lowest BCUT2D eigenvalue weighted by atomic mass is 10.0. The zero-order chi connectivity index (χ0) is 18.5. The molecule has 5 heteroatoms. The van der Waals surface area contributed by atoms with Crippen LogP contribution in [0.5, 0.6) is 11.5 Å². The zero-order valence-electron chi connectivity index (χ0n) is 14.1. The zero-order valence-corrected chi connectivity index (χ0v) is 14.9. The number of aromatic carboxylic acids is 1. The number of carboxylic acids is 1. The van der Waals surface area contributed by atoms with E-state index in [1.54, 1.807) is 31.4 Å². The highest BCUT2D eigenvalue weighted by atomic mass is 35.5. The Hall–Kier alpha value is -2.98. The van der Waals surface area contributed by atoms with Crippen molar-refractivity contribution in [3.63, 3.8) is 0 Å². The van der Waals surface area contributed by atoms with E-state index in [9.17, 15) is 9.90 Å². The second-order valence-electron chi connectivity index (χ2n) is 5.66. The van der Waals surface area contributed by atoms with Crippen molar-refractivity contribution in [2.24, 2.45) is 0 Å². The molecule has 1 N–H and O–H groups in total. The van der Waals surface area contributed by atoms with Gasteiger partial charge in [-0.25, -0.2) is 4.79 Å². The summed E-state index contributed by atoms with van der Waals surface area (Å²) >= 11 is 5.87. The van der Waals surface area contributed by atoms with Crippen LogP contribution in [0, 0.1) is 0 Å². The van der Waals surface area contributed by atoms with Crippen LogP contribution >= 0.6 is 11.6 Å². The molecule has 0 fully saturated rings. The molecule has 0 aromatic heterocycles. The van der Waals surface area contributed by atoms with Crippen molar-refractivity contribution in [2.75, 3.05) is 7.11 Å². The molecule has 0 saturated heterocycles. The van der Waals surface area contributed by atoms with E-state index >= 15 is 0 Å². The van der Waals surface area contributed by atoms with E-state index < -0.39 is 5.97 Å². The Morgan fingerprint density at radius 1 is 1.00 bits per heavy atom. The second-order valence-corrected chi connectivity index (χ2v) is 6.10. The molecule has 132 valence electrons. The largest absolute Gasteiger partial charge is 0.497 e. The molecule has 0 heterocycles. The van der Waals surface area contributed by atoms with E-state index in [1.807, 2.05) is 42.5 Å². The summed E-state index contributed by atoms with van der Waals surface area (Å²) in [5.41, 5.74) is 2.66. The van der Waals surface area contributed by atoms with E-state index in [0.29, 0.717) is 16.5 Å². The maximum absolute atomic E-state index is 11.7. The molecule has 26 heavy (non-hydrogen) atoms. The number of benzene rings is 3. The van der Waals surface area contributed by atoms with Crippen molar-refractivity contribution < 1.29 is 19.4 Å². The van der Waals surface area contributed by atoms with Gasteiger partial charge in [-0.2, -0.15) is 0 Å². The van der Waals surface area contributed by atoms with Gasteiger partial charge in [-0.05, 0) is 53.1 Å². The third kappa shape index (κ3) is 4.16. The normalized spacial score (nSPS) is 10.4. The highest BCUT2D eigenvalue weighted by Gasteiger charge is 2.14. The van der Waals surface area contributed by atoms with E-state index in [-0.39, 0.29) is 12.2 Å². The van der Waals surface area contributed by atoms with Gasteiger partial charge in [0.2, 0.25) is 0 Å². The Balaban J connectivity index is 1.86. The Morgan fingerprint density at radius 3 is 2.42 bits per heavy atom. The molecule has 0 bridgehead atoms. The SMILES string of the molecule is COc1cccc(-c2ccc(OCc3ccc(Cl)cc3)c(C(=O)O)c2)c1. The van der Waals surface area contributed by atoms with E-state index in [0.717, 1.165) is 16.7 Å². The maximum atomic E-state index is 11.7. The quantitative estimate of drug-likeness (QED) is 0.642. The molecule has 0 amide bonds. The summed E-state index contributed by atoms with van der Waals surface area (Å²) in [5.74, 6) is -0.0117. The third-order valence-electron chi connectivity index (χ3n) is 3.92. The van der Waals surface area contributed by atoms with Gasteiger partial charge in [0.05, 0.1) is 7.11 Å². The Labute approximate surface area is 156 Å². The monoisotopic (exact) mass is 368 g/mol. The predicted molar refractivity (Wildman–Crippen MR) is 101 cm³/mol. The van der Waals surface area contributed by atoms with Crippen LogP contribution in [0.1, 0.15) is 15.9 Å². The molecule has 4 nitrogen and oxygen atoms in total. The van der Waals surface area contributed by atoms with Crippen LogP contribution in [-0.4, -0.2) is 18.2 Å². The number of ether oxygens (including phenoxy) is 2. The first kappa shape index (κ1) is 17.8. The minimum Gasteiger partial charge on any atom is -0.497 e. The Morgan fingerprint density at radius 2 is 1.73 bits per heavy atom. The fraction of sp³-hybridized carbons (Fsp3) is 0.0952. The summed E-state index contributed by atoms with van der Waals surface area (Å²) in [6.07, 6.45) is 0. The van der Waals surface area contributed by atoms with Crippen molar-refractivity contribution in [1.82, 2.24) is 0 Å². The molecule has 0 aliphatic heterocycles. The van der Waals surface area contributed by atoms with Gasteiger partial charge < -0.3 is 14.6 Å². The first-order valence-corrected chi connectivity index (χ1v) is 8.33. The lowest BCUT2D eigenvalue weighted by Gasteiger charge is -2.12. The van der Waals surface area contributed by atoms with Crippen molar-refractivity contribution >= 4 is 17.6 Å². The summed E-state index contributed by atoms with van der Waals surface area (Å²) in [4.78, 5) is 11.7. The summed E-state index contributed by atoms with van der Waals surface area (Å²) < 4.78 is 10.9. The first-order valence-electron chi connectivity index (χ1n) is 7.96. The molecule has 0 spiro atoms. The number of halogens is 1.